The van der Waals surface area contributed by atoms with Gasteiger partial charge >= 0.3 is 0 Å². The maximum atomic E-state index is 12.1. The van der Waals surface area contributed by atoms with E-state index in [1.165, 1.54) is 22.0 Å². The van der Waals surface area contributed by atoms with Crippen molar-refractivity contribution in [2.24, 2.45) is 0 Å². The molecule has 0 aliphatic rings. The van der Waals surface area contributed by atoms with Crippen LogP contribution in [-0.2, 0) is 9.59 Å². The molecule has 4 nitrogen and oxygen atoms in total. The Morgan fingerprint density at radius 1 is 0.682 bits per heavy atom. The second kappa shape index (κ2) is 7.22. The van der Waals surface area contributed by atoms with Crippen molar-refractivity contribution >= 4 is 23.2 Å². The number of benzene rings is 2. The molecule has 0 fully saturated rings. The highest BCUT2D eigenvalue weighted by Crippen LogP contribution is 2.13. The molecule has 0 unspecified atom stereocenters. The first-order valence-corrected chi connectivity index (χ1v) is 6.93. The van der Waals surface area contributed by atoms with Gasteiger partial charge in [0, 0.05) is 37.6 Å². The molecule has 0 spiro atoms. The zero-order chi connectivity index (χ0) is 15.9. The van der Waals surface area contributed by atoms with Crippen LogP contribution < -0.4 is 9.80 Å². The van der Waals surface area contributed by atoms with E-state index in [1.54, 1.807) is 14.1 Å². The highest BCUT2D eigenvalue weighted by molar-refractivity contribution is 6.08. The van der Waals surface area contributed by atoms with Crippen molar-refractivity contribution in [1.82, 2.24) is 0 Å². The summed E-state index contributed by atoms with van der Waals surface area (Å²) in [7, 11) is 3.35. The Balaban J connectivity index is 2.02. The van der Waals surface area contributed by atoms with E-state index in [2.05, 4.69) is 0 Å². The third-order valence-electron chi connectivity index (χ3n) is 3.32. The van der Waals surface area contributed by atoms with Gasteiger partial charge in [-0.2, -0.15) is 0 Å². The second-order valence-corrected chi connectivity index (χ2v) is 4.80. The average molecular weight is 294 g/mol. The predicted octanol–water partition coefficient (Wildman–Crippen LogP) is 2.87. The first kappa shape index (κ1) is 15.5. The van der Waals surface area contributed by atoms with Crippen molar-refractivity contribution in [3.63, 3.8) is 0 Å². The summed E-state index contributed by atoms with van der Waals surface area (Å²) in [4.78, 5) is 27.1. The van der Waals surface area contributed by atoms with Gasteiger partial charge in [-0.25, -0.2) is 0 Å². The Morgan fingerprint density at radius 3 is 1.32 bits per heavy atom. The molecule has 2 amide bonds. The summed E-state index contributed by atoms with van der Waals surface area (Å²) >= 11 is 0. The van der Waals surface area contributed by atoms with Crippen molar-refractivity contribution < 1.29 is 9.59 Å². The van der Waals surface area contributed by atoms with E-state index in [0.717, 1.165) is 11.4 Å². The van der Waals surface area contributed by atoms with Crippen LogP contribution in [0.15, 0.2) is 72.8 Å². The molecule has 0 bridgehead atoms. The van der Waals surface area contributed by atoms with E-state index in [1.807, 2.05) is 60.7 Å². The summed E-state index contributed by atoms with van der Waals surface area (Å²) in [5, 5.41) is 0. The summed E-state index contributed by atoms with van der Waals surface area (Å²) in [6, 6.07) is 18.6. The van der Waals surface area contributed by atoms with E-state index in [9.17, 15) is 9.59 Å². The largest absolute Gasteiger partial charge is 0.312 e. The van der Waals surface area contributed by atoms with E-state index < -0.39 is 0 Å². The maximum absolute atomic E-state index is 12.1. The highest BCUT2D eigenvalue weighted by atomic mass is 16.2. The van der Waals surface area contributed by atoms with Crippen LogP contribution in [0, 0.1) is 0 Å². The summed E-state index contributed by atoms with van der Waals surface area (Å²) < 4.78 is 0. The lowest BCUT2D eigenvalue weighted by atomic mass is 10.2. The molecular formula is C18H18N2O2. The van der Waals surface area contributed by atoms with Crippen molar-refractivity contribution in [2.75, 3.05) is 23.9 Å². The lowest BCUT2D eigenvalue weighted by Crippen LogP contribution is -2.27. The molecule has 4 heteroatoms. The van der Waals surface area contributed by atoms with Gasteiger partial charge in [-0.05, 0) is 24.3 Å². The van der Waals surface area contributed by atoms with Gasteiger partial charge in [0.2, 0.25) is 0 Å². The van der Waals surface area contributed by atoms with Crippen molar-refractivity contribution in [3.8, 4) is 0 Å². The Kier molecular flexibility index (Phi) is 5.09. The zero-order valence-electron chi connectivity index (χ0n) is 12.6. The van der Waals surface area contributed by atoms with Crippen LogP contribution in [0.3, 0.4) is 0 Å². The van der Waals surface area contributed by atoms with Gasteiger partial charge in [-0.3, -0.25) is 9.59 Å². The van der Waals surface area contributed by atoms with Gasteiger partial charge < -0.3 is 9.80 Å². The normalized spacial score (nSPS) is 10.5. The van der Waals surface area contributed by atoms with Crippen molar-refractivity contribution in [2.45, 2.75) is 0 Å². The fourth-order valence-corrected chi connectivity index (χ4v) is 1.92. The Bertz CT molecular complexity index is 607. The number of hydrogen-bond donors (Lipinski definition) is 0. The molecule has 0 aliphatic carbocycles. The number of nitrogens with zero attached hydrogens (tertiary/aromatic N) is 2. The van der Waals surface area contributed by atoms with Crippen LogP contribution in [0.5, 0.6) is 0 Å². The fourth-order valence-electron chi connectivity index (χ4n) is 1.92. The summed E-state index contributed by atoms with van der Waals surface area (Å²) in [5.74, 6) is -0.498. The molecule has 0 saturated heterocycles. The van der Waals surface area contributed by atoms with E-state index in [0.29, 0.717) is 0 Å². The molecule has 2 aromatic rings. The summed E-state index contributed by atoms with van der Waals surface area (Å²) in [6.07, 6.45) is 2.57. The molecule has 0 heterocycles. The Labute approximate surface area is 130 Å². The minimum Gasteiger partial charge on any atom is -0.312 e. The van der Waals surface area contributed by atoms with E-state index in [4.69, 9.17) is 0 Å². The maximum Gasteiger partial charge on any atom is 0.250 e. The van der Waals surface area contributed by atoms with Gasteiger partial charge in [-0.15, -0.1) is 0 Å². The fraction of sp³-hybridized carbons (Fsp3) is 0.111. The number of hydrogen-bond acceptors (Lipinski definition) is 2. The molecule has 0 aliphatic heterocycles. The van der Waals surface area contributed by atoms with Crippen LogP contribution in [0.1, 0.15) is 0 Å². The number of rotatable bonds is 4. The number of amides is 2. The predicted molar refractivity (Wildman–Crippen MR) is 88.8 cm³/mol. The Morgan fingerprint density at radius 2 is 1.00 bits per heavy atom. The van der Waals surface area contributed by atoms with Crippen LogP contribution >= 0.6 is 0 Å². The third kappa shape index (κ3) is 3.82. The summed E-state index contributed by atoms with van der Waals surface area (Å²) in [5.41, 5.74) is 1.56. The third-order valence-corrected chi connectivity index (χ3v) is 3.32. The number of para-hydroxylation sites is 2. The number of anilines is 2. The van der Waals surface area contributed by atoms with Crippen molar-refractivity contribution in [3.05, 3.63) is 72.8 Å². The Hall–Kier alpha value is -2.88. The van der Waals surface area contributed by atoms with Gasteiger partial charge in [-0.1, -0.05) is 36.4 Å². The van der Waals surface area contributed by atoms with Crippen LogP contribution in [-0.4, -0.2) is 25.9 Å². The highest BCUT2D eigenvalue weighted by Gasteiger charge is 2.10. The van der Waals surface area contributed by atoms with Gasteiger partial charge in [0.1, 0.15) is 0 Å². The molecular weight excluding hydrogens is 276 g/mol. The zero-order valence-corrected chi connectivity index (χ0v) is 12.6. The molecule has 0 saturated carbocycles. The molecule has 0 N–H and O–H groups in total. The first-order chi connectivity index (χ1) is 10.6. The van der Waals surface area contributed by atoms with Gasteiger partial charge in [0.15, 0.2) is 0 Å². The van der Waals surface area contributed by atoms with Crippen LogP contribution in [0.25, 0.3) is 0 Å². The number of carbonyl (C=O) groups is 2. The van der Waals surface area contributed by atoms with Gasteiger partial charge in [0.25, 0.3) is 11.8 Å². The SMILES string of the molecule is CN(C(=O)/C=C/C(=O)N(C)c1ccccc1)c1ccccc1. The molecule has 112 valence electrons. The topological polar surface area (TPSA) is 40.6 Å². The molecule has 2 aromatic carbocycles. The van der Waals surface area contributed by atoms with E-state index >= 15 is 0 Å². The smallest absolute Gasteiger partial charge is 0.250 e. The van der Waals surface area contributed by atoms with Crippen molar-refractivity contribution in [1.29, 1.82) is 0 Å². The minimum atomic E-state index is -0.249. The molecule has 0 atom stereocenters. The molecule has 0 radical (unpaired) electrons. The standard InChI is InChI=1S/C18H18N2O2/c1-19(15-9-5-3-6-10-15)17(21)13-14-18(22)20(2)16-11-7-4-8-12-16/h3-14H,1-2H3/b14-13+. The quantitative estimate of drug-likeness (QED) is 0.814. The number of likely N-dealkylation sites (N-methyl/N-ethyl adjacent to an activating group) is 2. The monoisotopic (exact) mass is 294 g/mol. The molecule has 22 heavy (non-hydrogen) atoms. The van der Waals surface area contributed by atoms with E-state index in [-0.39, 0.29) is 11.8 Å². The molecule has 2 rings (SSSR count). The lowest BCUT2D eigenvalue weighted by Gasteiger charge is -2.16. The van der Waals surface area contributed by atoms with Crippen LogP contribution in [0.2, 0.25) is 0 Å². The minimum absolute atomic E-state index is 0.249. The number of carbonyl (C=O) groups excluding carboxylic acids is 2. The van der Waals surface area contributed by atoms with Crippen LogP contribution in [0.4, 0.5) is 11.4 Å². The second-order valence-electron chi connectivity index (χ2n) is 4.80. The summed E-state index contributed by atoms with van der Waals surface area (Å²) in [6.45, 7) is 0. The van der Waals surface area contributed by atoms with Gasteiger partial charge in [0.05, 0.1) is 0 Å². The average Bonchev–Trinajstić information content (AvgIpc) is 2.59. The molecule has 0 aromatic heterocycles. The first-order valence-electron chi connectivity index (χ1n) is 6.93. The lowest BCUT2D eigenvalue weighted by molar-refractivity contribution is -0.116.